The topological polar surface area (TPSA) is 63.0 Å². The zero-order valence-corrected chi connectivity index (χ0v) is 19.6. The van der Waals surface area contributed by atoms with Crippen molar-refractivity contribution in [2.75, 3.05) is 0 Å². The molecule has 2 radical (unpaired) electrons. The second kappa shape index (κ2) is 18.7. The molecule has 0 aromatic heterocycles. The van der Waals surface area contributed by atoms with E-state index in [9.17, 15) is 0 Å². The number of unbranched alkanes of at least 4 members (excludes halogenated alkanes) is 3. The molecule has 1 aliphatic carbocycles. The van der Waals surface area contributed by atoms with E-state index < -0.39 is 8.07 Å². The van der Waals surface area contributed by atoms with Crippen LogP contribution in [-0.2, 0) is 17.1 Å². The molecule has 2 rings (SSSR count). The molecule has 0 fully saturated rings. The van der Waals surface area contributed by atoms with Crippen LogP contribution in [0.1, 0.15) is 51.0 Å². The fourth-order valence-corrected chi connectivity index (χ4v) is 6.60. The molecule has 0 heterocycles. The van der Waals surface area contributed by atoms with Crippen LogP contribution in [0.2, 0.25) is 25.2 Å². The fraction of sp³-hybridized carbons (Fsp3) is 0.478. The predicted octanol–water partition coefficient (Wildman–Crippen LogP) is 5.87. The second-order valence-corrected chi connectivity index (χ2v) is 12.9. The number of allylic oxidation sites excluding steroid dienone is 4. The van der Waals surface area contributed by atoms with Crippen LogP contribution in [-0.4, -0.2) is 19.0 Å². The van der Waals surface area contributed by atoms with Gasteiger partial charge in [-0.05, 0) is 25.7 Å². The van der Waals surface area contributed by atoms with Gasteiger partial charge < -0.3 is 11.0 Å². The molecule has 1 atom stereocenters. The molecule has 27 heavy (non-hydrogen) atoms. The Morgan fingerprint density at radius 3 is 2.37 bits per heavy atom. The van der Waals surface area contributed by atoms with Crippen molar-refractivity contribution in [1.29, 1.82) is 0 Å². The molecule has 4 N–H and O–H groups in total. The van der Waals surface area contributed by atoms with Crippen molar-refractivity contribution in [3.63, 3.8) is 0 Å². The summed E-state index contributed by atoms with van der Waals surface area (Å²) in [5.41, 5.74) is 1.54. The van der Waals surface area contributed by atoms with Gasteiger partial charge in [-0.15, -0.1) is 12.8 Å². The normalized spacial score (nSPS) is 13.5. The fourth-order valence-electron chi connectivity index (χ4n) is 3.30. The predicted molar refractivity (Wildman–Crippen MR) is 120 cm³/mol. The van der Waals surface area contributed by atoms with E-state index in [1.807, 2.05) is 31.4 Å². The minimum atomic E-state index is -1.01. The third-order valence-electron chi connectivity index (χ3n) is 4.63. The summed E-state index contributed by atoms with van der Waals surface area (Å²) in [7, 11) is -1.01. The van der Waals surface area contributed by atoms with Crippen LogP contribution in [0.5, 0.6) is 0 Å². The van der Waals surface area contributed by atoms with Gasteiger partial charge in [-0.3, -0.25) is 0 Å². The van der Waals surface area contributed by atoms with E-state index in [-0.39, 0.29) is 28.0 Å². The molecule has 1 unspecified atom stereocenters. The van der Waals surface area contributed by atoms with E-state index >= 15 is 0 Å². The molecule has 0 saturated carbocycles. The molecule has 0 bridgehead atoms. The van der Waals surface area contributed by atoms with Gasteiger partial charge in [0, 0.05) is 8.07 Å². The first-order valence-corrected chi connectivity index (χ1v) is 13.0. The summed E-state index contributed by atoms with van der Waals surface area (Å²) in [6.07, 6.45) is 19.9. The minimum absolute atomic E-state index is 0. The average molecular weight is 433 g/mol. The van der Waals surface area contributed by atoms with Crippen LogP contribution >= 0.6 is 0 Å². The molecule has 1 aliphatic rings. The van der Waals surface area contributed by atoms with Gasteiger partial charge in [-0.2, -0.15) is 17.7 Å². The van der Waals surface area contributed by atoms with E-state index in [4.69, 9.17) is 0 Å². The van der Waals surface area contributed by atoms with Crippen molar-refractivity contribution in [2.45, 2.75) is 70.6 Å². The summed E-state index contributed by atoms with van der Waals surface area (Å²) in [4.78, 5) is 0. The summed E-state index contributed by atoms with van der Waals surface area (Å²) >= 11 is 0. The smallest absolute Gasteiger partial charge is 0.412 e. The van der Waals surface area contributed by atoms with Gasteiger partial charge in [0.15, 0.2) is 0 Å². The van der Waals surface area contributed by atoms with Crippen LogP contribution in [0.25, 0.3) is 0 Å². The Labute approximate surface area is 180 Å². The van der Waals surface area contributed by atoms with Gasteiger partial charge in [0.1, 0.15) is 0 Å². The largest absolute Gasteiger partial charge is 2.00 e. The zero-order chi connectivity index (χ0) is 17.7. The molecule has 0 amide bonds. The van der Waals surface area contributed by atoms with Crippen molar-refractivity contribution in [1.82, 2.24) is 0 Å². The third-order valence-corrected chi connectivity index (χ3v) is 8.06. The Morgan fingerprint density at radius 1 is 1.15 bits per heavy atom. The molecule has 1 aromatic rings. The second-order valence-electron chi connectivity index (χ2n) is 7.62. The number of hydrogen-bond donors (Lipinski definition) is 0. The summed E-state index contributed by atoms with van der Waals surface area (Å²) < 4.78 is 0. The van der Waals surface area contributed by atoms with E-state index in [2.05, 4.69) is 63.4 Å². The van der Waals surface area contributed by atoms with Gasteiger partial charge in [-0.1, -0.05) is 57.1 Å². The summed E-state index contributed by atoms with van der Waals surface area (Å²) in [5, 5.41) is 0. The molecule has 2 nitrogen and oxygen atoms in total. The SMILES string of the molecule is C/C=C/CCCCC[Si](C)(C)CC(C)c1ccc[cH-]1.O.O.[CH]1[CH][CH-]C=C1.[Fe+2]. The summed E-state index contributed by atoms with van der Waals surface area (Å²) in [5.74, 6) is 0.750. The Kier molecular flexibility index (Phi) is 21.5. The van der Waals surface area contributed by atoms with Gasteiger partial charge in [0.25, 0.3) is 0 Å². The van der Waals surface area contributed by atoms with E-state index in [1.54, 1.807) is 0 Å². The van der Waals surface area contributed by atoms with Crippen LogP contribution in [0.4, 0.5) is 0 Å². The first-order chi connectivity index (χ1) is 11.5. The first kappa shape index (κ1) is 31.1. The average Bonchev–Trinajstić information content (AvgIpc) is 3.26. The molecule has 0 saturated heterocycles. The minimum Gasteiger partial charge on any atom is -0.412 e. The van der Waals surface area contributed by atoms with Gasteiger partial charge in [0.05, 0.1) is 0 Å². The monoisotopic (exact) mass is 432 g/mol. The van der Waals surface area contributed by atoms with Gasteiger partial charge in [-0.25, -0.2) is 30.7 Å². The van der Waals surface area contributed by atoms with Gasteiger partial charge in [0.2, 0.25) is 0 Å². The zero-order valence-electron chi connectivity index (χ0n) is 17.5. The van der Waals surface area contributed by atoms with Crippen molar-refractivity contribution in [3.8, 4) is 0 Å². The molecule has 0 spiro atoms. The number of rotatable bonds is 9. The van der Waals surface area contributed by atoms with Crippen molar-refractivity contribution < 1.29 is 28.0 Å². The van der Waals surface area contributed by atoms with Crippen LogP contribution in [0, 0.1) is 19.3 Å². The Bertz CT molecular complexity index is 461. The molecule has 4 heteroatoms. The maximum absolute atomic E-state index is 2.57. The van der Waals surface area contributed by atoms with Crippen LogP contribution < -0.4 is 0 Å². The van der Waals surface area contributed by atoms with Crippen LogP contribution in [0.15, 0.2) is 48.6 Å². The molecular weight excluding hydrogens is 392 g/mol. The standard InChI is InChI=1S/C18H31Si.C5H5.Fe.2H2O/c1-5-6-7-8-9-12-15-19(3,4)16-17(2)18-13-10-11-14-18;1-2-4-5-3-1;;;/h5-6,10-11,13-14,17H,7-9,12,15-16H2,1-4H3;1-5H;;2*1H2/q2*-1;+2;;/b6-5+;;;;. The number of hydrogen-bond acceptors (Lipinski definition) is 0. The molecule has 0 aliphatic heterocycles. The van der Waals surface area contributed by atoms with Crippen molar-refractivity contribution in [2.24, 2.45) is 0 Å². The Hall–Kier alpha value is -0.644. The maximum atomic E-state index is 2.57. The molecular formula is C23H40FeO2Si. The van der Waals surface area contributed by atoms with Crippen molar-refractivity contribution >= 4 is 8.07 Å². The third kappa shape index (κ3) is 16.1. The van der Waals surface area contributed by atoms with Gasteiger partial charge >= 0.3 is 17.1 Å². The van der Waals surface area contributed by atoms with Crippen LogP contribution in [0.3, 0.4) is 0 Å². The summed E-state index contributed by atoms with van der Waals surface area (Å²) in [6.45, 7) is 9.65. The first-order valence-electron chi connectivity index (χ1n) is 9.54. The quantitative estimate of drug-likeness (QED) is 0.203. The van der Waals surface area contributed by atoms with E-state index in [0.717, 1.165) is 5.92 Å². The Morgan fingerprint density at radius 2 is 1.89 bits per heavy atom. The Balaban J connectivity index is -0.000000625. The van der Waals surface area contributed by atoms with E-state index in [0.29, 0.717) is 0 Å². The molecule has 156 valence electrons. The molecule has 1 aromatic carbocycles. The van der Waals surface area contributed by atoms with E-state index in [1.165, 1.54) is 43.3 Å². The summed E-state index contributed by atoms with van der Waals surface area (Å²) in [6, 6.07) is 11.8. The van der Waals surface area contributed by atoms with Crippen molar-refractivity contribution in [3.05, 3.63) is 73.4 Å². The maximum Gasteiger partial charge on any atom is 2.00 e.